The molecule has 1 atom stereocenters. The fraction of sp³-hybridized carbons (Fsp3) is 0.800. The molecule has 1 heterocycles. The molecule has 0 spiro atoms. The largest absolute Gasteiger partial charge is 0.375 e. The van der Waals surface area contributed by atoms with E-state index in [9.17, 15) is 0 Å². The second-order valence-corrected chi connectivity index (χ2v) is 5.70. The summed E-state index contributed by atoms with van der Waals surface area (Å²) < 4.78 is 7.79. The minimum atomic E-state index is -0.133. The minimum absolute atomic E-state index is 0.133. The van der Waals surface area contributed by atoms with Gasteiger partial charge in [-0.2, -0.15) is 5.10 Å². The van der Waals surface area contributed by atoms with Gasteiger partial charge in [-0.05, 0) is 48.5 Å². The molecule has 0 aromatic carbocycles. The van der Waals surface area contributed by atoms with Crippen molar-refractivity contribution in [1.29, 1.82) is 0 Å². The third kappa shape index (κ3) is 4.05. The Balaban J connectivity index is 2.73. The molecule has 0 amide bonds. The van der Waals surface area contributed by atoms with Crippen molar-refractivity contribution in [2.75, 3.05) is 13.2 Å². The number of aryl methyl sites for hydroxylation is 2. The fourth-order valence-corrected chi connectivity index (χ4v) is 2.59. The molecule has 110 valence electrons. The molecule has 0 saturated heterocycles. The van der Waals surface area contributed by atoms with Gasteiger partial charge in [0.1, 0.15) is 0 Å². The highest BCUT2D eigenvalue weighted by atomic mass is 16.5. The molecule has 1 N–H and O–H groups in total. The van der Waals surface area contributed by atoms with Gasteiger partial charge in [-0.1, -0.05) is 0 Å². The Morgan fingerprint density at radius 1 is 1.32 bits per heavy atom. The quantitative estimate of drug-likeness (QED) is 0.825. The molecule has 0 aliphatic heterocycles. The molecule has 0 bridgehead atoms. The smallest absolute Gasteiger partial charge is 0.0750 e. The summed E-state index contributed by atoms with van der Waals surface area (Å²) in [4.78, 5) is 0. The van der Waals surface area contributed by atoms with Crippen LogP contribution in [0.25, 0.3) is 0 Å². The monoisotopic (exact) mass is 267 g/mol. The summed E-state index contributed by atoms with van der Waals surface area (Å²) in [6, 6.07) is 0.292. The highest BCUT2D eigenvalue weighted by molar-refractivity contribution is 5.27. The van der Waals surface area contributed by atoms with Crippen LogP contribution < -0.4 is 5.32 Å². The van der Waals surface area contributed by atoms with Gasteiger partial charge in [0.2, 0.25) is 0 Å². The van der Waals surface area contributed by atoms with E-state index in [1.807, 2.05) is 6.92 Å². The van der Waals surface area contributed by atoms with Crippen molar-refractivity contribution in [1.82, 2.24) is 15.1 Å². The van der Waals surface area contributed by atoms with Crippen molar-refractivity contribution in [2.24, 2.45) is 0 Å². The summed E-state index contributed by atoms with van der Waals surface area (Å²) in [6.07, 6.45) is 0. The zero-order valence-corrected chi connectivity index (χ0v) is 13.5. The molecule has 4 heteroatoms. The van der Waals surface area contributed by atoms with Crippen LogP contribution in [0.15, 0.2) is 0 Å². The van der Waals surface area contributed by atoms with Crippen LogP contribution in [-0.4, -0.2) is 28.5 Å². The van der Waals surface area contributed by atoms with E-state index in [0.29, 0.717) is 6.04 Å². The lowest BCUT2D eigenvalue weighted by Gasteiger charge is -2.27. The van der Waals surface area contributed by atoms with E-state index in [1.165, 1.54) is 11.3 Å². The van der Waals surface area contributed by atoms with Crippen LogP contribution in [0.2, 0.25) is 0 Å². The van der Waals surface area contributed by atoms with Crippen LogP contribution in [-0.2, 0) is 11.3 Å². The summed E-state index contributed by atoms with van der Waals surface area (Å²) in [5.74, 6) is 0. The third-order valence-corrected chi connectivity index (χ3v) is 3.54. The van der Waals surface area contributed by atoms with Gasteiger partial charge in [-0.15, -0.1) is 0 Å². The van der Waals surface area contributed by atoms with Crippen molar-refractivity contribution in [3.05, 3.63) is 17.0 Å². The molecule has 1 aromatic heterocycles. The van der Waals surface area contributed by atoms with Crippen LogP contribution in [0.1, 0.15) is 57.6 Å². The predicted octanol–water partition coefficient (Wildman–Crippen LogP) is 2.99. The number of hydrogen-bond acceptors (Lipinski definition) is 3. The molecular weight excluding hydrogens is 238 g/mol. The Hall–Kier alpha value is -0.870. The van der Waals surface area contributed by atoms with Crippen LogP contribution in [0.3, 0.4) is 0 Å². The van der Waals surface area contributed by atoms with E-state index in [1.54, 1.807) is 0 Å². The highest BCUT2D eigenvalue weighted by Gasteiger charge is 2.21. The topological polar surface area (TPSA) is 39.1 Å². The van der Waals surface area contributed by atoms with Gasteiger partial charge in [-0.3, -0.25) is 4.68 Å². The minimum Gasteiger partial charge on any atom is -0.375 e. The Labute approximate surface area is 117 Å². The van der Waals surface area contributed by atoms with E-state index in [-0.39, 0.29) is 5.60 Å². The molecule has 0 saturated carbocycles. The second-order valence-electron chi connectivity index (χ2n) is 5.70. The van der Waals surface area contributed by atoms with Gasteiger partial charge >= 0.3 is 0 Å². The lowest BCUT2D eigenvalue weighted by atomic mass is 10.0. The second kappa shape index (κ2) is 6.53. The normalized spacial score (nSPS) is 13.8. The van der Waals surface area contributed by atoms with E-state index >= 15 is 0 Å². The molecule has 19 heavy (non-hydrogen) atoms. The Morgan fingerprint density at radius 3 is 2.42 bits per heavy atom. The van der Waals surface area contributed by atoms with Gasteiger partial charge in [-0.25, -0.2) is 0 Å². The average molecular weight is 267 g/mol. The molecule has 4 nitrogen and oxygen atoms in total. The number of aromatic nitrogens is 2. The van der Waals surface area contributed by atoms with Crippen LogP contribution in [0.5, 0.6) is 0 Å². The average Bonchev–Trinajstić information content (AvgIpc) is 2.61. The summed E-state index contributed by atoms with van der Waals surface area (Å²) in [7, 11) is 0. The van der Waals surface area contributed by atoms with Gasteiger partial charge in [0.15, 0.2) is 0 Å². The summed E-state index contributed by atoms with van der Waals surface area (Å²) in [5.41, 5.74) is 3.56. The first kappa shape index (κ1) is 16.2. The van der Waals surface area contributed by atoms with Crippen molar-refractivity contribution in [2.45, 2.75) is 66.7 Å². The van der Waals surface area contributed by atoms with Gasteiger partial charge in [0, 0.05) is 37.0 Å². The number of ether oxygens (including phenoxy) is 1. The predicted molar refractivity (Wildman–Crippen MR) is 79.5 cm³/mol. The zero-order valence-electron chi connectivity index (χ0n) is 13.5. The van der Waals surface area contributed by atoms with E-state index in [0.717, 1.165) is 25.4 Å². The summed E-state index contributed by atoms with van der Waals surface area (Å²) >= 11 is 0. The van der Waals surface area contributed by atoms with Crippen LogP contribution in [0, 0.1) is 13.8 Å². The molecular formula is C15H29N3O. The van der Waals surface area contributed by atoms with Crippen molar-refractivity contribution >= 4 is 0 Å². The SMILES string of the molecule is CCOC(C)(C)CNC(C)c1c(C)nn(CC)c1C. The van der Waals surface area contributed by atoms with Gasteiger partial charge < -0.3 is 10.1 Å². The maximum absolute atomic E-state index is 5.72. The third-order valence-electron chi connectivity index (χ3n) is 3.54. The highest BCUT2D eigenvalue weighted by Crippen LogP contribution is 2.22. The first-order valence-electron chi connectivity index (χ1n) is 7.23. The Kier molecular flexibility index (Phi) is 5.56. The maximum atomic E-state index is 5.72. The van der Waals surface area contributed by atoms with E-state index < -0.39 is 0 Å². The molecule has 1 unspecified atom stereocenters. The van der Waals surface area contributed by atoms with Gasteiger partial charge in [0.05, 0.1) is 11.3 Å². The zero-order chi connectivity index (χ0) is 14.6. The number of rotatable bonds is 7. The van der Waals surface area contributed by atoms with Crippen LogP contribution >= 0.6 is 0 Å². The molecule has 0 aliphatic carbocycles. The number of hydrogen-bond donors (Lipinski definition) is 1. The lowest BCUT2D eigenvalue weighted by Crippen LogP contribution is -2.39. The molecule has 0 fully saturated rings. The Bertz CT molecular complexity index is 410. The van der Waals surface area contributed by atoms with Crippen LogP contribution in [0.4, 0.5) is 0 Å². The van der Waals surface area contributed by atoms with Crippen molar-refractivity contribution in [3.63, 3.8) is 0 Å². The molecule has 1 rings (SSSR count). The van der Waals surface area contributed by atoms with E-state index in [2.05, 4.69) is 56.6 Å². The lowest BCUT2D eigenvalue weighted by molar-refractivity contribution is -0.0103. The van der Waals surface area contributed by atoms with Crippen molar-refractivity contribution in [3.8, 4) is 0 Å². The van der Waals surface area contributed by atoms with Gasteiger partial charge in [0.25, 0.3) is 0 Å². The molecule has 0 aliphatic rings. The summed E-state index contributed by atoms with van der Waals surface area (Å²) in [5, 5.41) is 8.14. The fourth-order valence-electron chi connectivity index (χ4n) is 2.59. The summed E-state index contributed by atoms with van der Waals surface area (Å²) in [6.45, 7) is 17.3. The molecule has 0 radical (unpaired) electrons. The first-order chi connectivity index (χ1) is 8.82. The molecule has 1 aromatic rings. The standard InChI is InChI=1S/C15H29N3O/c1-8-18-13(5)14(12(4)17-18)11(3)16-10-15(6,7)19-9-2/h11,16H,8-10H2,1-7H3. The van der Waals surface area contributed by atoms with Crippen molar-refractivity contribution < 1.29 is 4.74 Å². The number of nitrogens with zero attached hydrogens (tertiary/aromatic N) is 2. The van der Waals surface area contributed by atoms with E-state index in [4.69, 9.17) is 4.74 Å². The Morgan fingerprint density at radius 2 is 1.95 bits per heavy atom. The maximum Gasteiger partial charge on any atom is 0.0750 e. The first-order valence-corrected chi connectivity index (χ1v) is 7.23. The number of nitrogens with one attached hydrogen (secondary N) is 1.